The monoisotopic (exact) mass is 718 g/mol. The van der Waals surface area contributed by atoms with E-state index < -0.39 is 0 Å². The molecular weight excluding hydrogens is 680 g/mol. The van der Waals surface area contributed by atoms with Crippen LogP contribution < -0.4 is 4.74 Å². The van der Waals surface area contributed by atoms with Crippen molar-refractivity contribution in [2.75, 3.05) is 0 Å². The van der Waals surface area contributed by atoms with Crippen molar-refractivity contribution in [3.8, 4) is 56.4 Å². The second kappa shape index (κ2) is 14.2. The topological polar surface area (TPSA) is 44.9 Å². The molecule has 0 N–H and O–H groups in total. The number of rotatable bonds is 9. The molecule has 5 nitrogen and oxygen atoms in total. The fourth-order valence-corrected chi connectivity index (χ4v) is 7.94. The van der Waals surface area contributed by atoms with Gasteiger partial charge in [-0.05, 0) is 84.0 Å². The van der Waals surface area contributed by atoms with Crippen LogP contribution >= 0.6 is 0 Å². The van der Waals surface area contributed by atoms with Crippen molar-refractivity contribution in [2.24, 2.45) is 0 Å². The molecule has 268 valence electrons. The zero-order valence-electron chi connectivity index (χ0n) is 31.0. The van der Waals surface area contributed by atoms with Crippen molar-refractivity contribution in [3.63, 3.8) is 0 Å². The lowest BCUT2D eigenvalue weighted by atomic mass is 9.86. The van der Waals surface area contributed by atoms with Gasteiger partial charge in [0.15, 0.2) is 0 Å². The molecule has 0 saturated carbocycles. The van der Waals surface area contributed by atoms with Gasteiger partial charge in [0, 0.05) is 46.3 Å². The Morgan fingerprint density at radius 3 is 1.98 bits per heavy atom. The molecule has 0 unspecified atom stereocenters. The van der Waals surface area contributed by atoms with E-state index in [9.17, 15) is 4.39 Å². The average molecular weight is 719 g/mol. The summed E-state index contributed by atoms with van der Waals surface area (Å²) in [6.45, 7) is 6.48. The minimum absolute atomic E-state index is 0.338. The van der Waals surface area contributed by atoms with Crippen LogP contribution in [0.25, 0.3) is 66.7 Å². The summed E-state index contributed by atoms with van der Waals surface area (Å²) >= 11 is 0. The van der Waals surface area contributed by atoms with Gasteiger partial charge in [0.25, 0.3) is 0 Å². The van der Waals surface area contributed by atoms with Crippen molar-refractivity contribution in [2.45, 2.75) is 33.6 Å². The standard InChI is InChI=1S/C49H39FN4O/c1-4-43-49(48-39(33-15-8-6-9-16-33)20-14-21-40(48)34-17-10-7-11-18-34)44(5-2)54(52-43)36-27-32(3)28-38(30-36)55-37-23-24-42-41-19-12-13-22-45(41)53(46(42)31-37)47-29-35(50)25-26-51-47/h6-31H,4-5H2,1-3H3. The summed E-state index contributed by atoms with van der Waals surface area (Å²) in [5.74, 6) is 1.54. The van der Waals surface area contributed by atoms with Crippen LogP contribution in [0.3, 0.4) is 0 Å². The molecule has 0 radical (unpaired) electrons. The molecule has 0 aliphatic heterocycles. The molecule has 3 aromatic heterocycles. The lowest BCUT2D eigenvalue weighted by Crippen LogP contribution is -2.03. The summed E-state index contributed by atoms with van der Waals surface area (Å²) in [6.07, 6.45) is 3.05. The van der Waals surface area contributed by atoms with E-state index in [0.717, 1.165) is 57.3 Å². The van der Waals surface area contributed by atoms with Gasteiger partial charge in [-0.3, -0.25) is 4.57 Å². The number of ether oxygens (including phenoxy) is 1. The lowest BCUT2D eigenvalue weighted by molar-refractivity contribution is 0.482. The maximum atomic E-state index is 14.5. The Hall–Kier alpha value is -6.79. The first-order chi connectivity index (χ1) is 27.0. The van der Waals surface area contributed by atoms with E-state index in [-0.39, 0.29) is 5.82 Å². The van der Waals surface area contributed by atoms with Crippen molar-refractivity contribution in [3.05, 3.63) is 181 Å². The van der Waals surface area contributed by atoms with Crippen molar-refractivity contribution in [1.82, 2.24) is 19.3 Å². The Kier molecular flexibility index (Phi) is 8.79. The van der Waals surface area contributed by atoms with E-state index in [1.807, 2.05) is 41.0 Å². The van der Waals surface area contributed by atoms with Crippen LogP contribution in [0, 0.1) is 12.7 Å². The molecular formula is C49H39FN4O. The normalized spacial score (nSPS) is 11.4. The maximum absolute atomic E-state index is 14.5. The highest BCUT2D eigenvalue weighted by Gasteiger charge is 2.25. The molecule has 0 atom stereocenters. The Labute approximate surface area is 319 Å². The third-order valence-electron chi connectivity index (χ3n) is 10.3. The second-order valence-corrected chi connectivity index (χ2v) is 13.8. The highest BCUT2D eigenvalue weighted by atomic mass is 19.1. The Balaban J connectivity index is 1.18. The molecule has 9 rings (SSSR count). The number of fused-ring (bicyclic) bond motifs is 3. The molecule has 9 aromatic rings. The number of para-hydroxylation sites is 1. The molecule has 0 bridgehead atoms. The Morgan fingerprint density at radius 1 is 0.600 bits per heavy atom. The predicted octanol–water partition coefficient (Wildman–Crippen LogP) is 12.7. The molecule has 6 heteroatoms. The highest BCUT2D eigenvalue weighted by molar-refractivity contribution is 6.09. The Bertz CT molecular complexity index is 2780. The molecule has 0 aliphatic rings. The zero-order chi connectivity index (χ0) is 37.5. The van der Waals surface area contributed by atoms with Gasteiger partial charge < -0.3 is 4.74 Å². The van der Waals surface area contributed by atoms with Crippen LogP contribution in [-0.2, 0) is 12.8 Å². The number of hydrogen-bond donors (Lipinski definition) is 0. The van der Waals surface area contributed by atoms with Gasteiger partial charge >= 0.3 is 0 Å². The molecule has 55 heavy (non-hydrogen) atoms. The van der Waals surface area contributed by atoms with Gasteiger partial charge in [0.05, 0.1) is 28.1 Å². The summed E-state index contributed by atoms with van der Waals surface area (Å²) in [5.41, 5.74) is 13.1. The van der Waals surface area contributed by atoms with E-state index in [2.05, 4.69) is 134 Å². The SMILES string of the molecule is CCc1nn(-c2cc(C)cc(Oc3ccc4c5ccccc5n(-c5cc(F)ccn5)c4c3)c2)c(CC)c1-c1c(-c2ccccc2)cccc1-c1ccccc1. The van der Waals surface area contributed by atoms with Gasteiger partial charge in [0.2, 0.25) is 0 Å². The fraction of sp³-hybridized carbons (Fsp3) is 0.102. The largest absolute Gasteiger partial charge is 0.457 e. The van der Waals surface area contributed by atoms with Crippen molar-refractivity contribution >= 4 is 21.8 Å². The van der Waals surface area contributed by atoms with E-state index in [1.54, 1.807) is 0 Å². The molecule has 0 saturated heterocycles. The highest BCUT2D eigenvalue weighted by Crippen LogP contribution is 2.44. The van der Waals surface area contributed by atoms with E-state index in [4.69, 9.17) is 9.84 Å². The van der Waals surface area contributed by atoms with Crippen LogP contribution in [0.5, 0.6) is 11.5 Å². The van der Waals surface area contributed by atoms with Crippen LogP contribution in [0.2, 0.25) is 0 Å². The van der Waals surface area contributed by atoms with Crippen molar-refractivity contribution in [1.29, 1.82) is 0 Å². The number of halogens is 1. The number of aromatic nitrogens is 4. The minimum atomic E-state index is -0.338. The average Bonchev–Trinajstić information content (AvgIpc) is 3.76. The smallest absolute Gasteiger partial charge is 0.140 e. The number of nitrogens with zero attached hydrogens (tertiary/aromatic N) is 4. The van der Waals surface area contributed by atoms with Gasteiger partial charge in [-0.1, -0.05) is 111 Å². The molecule has 3 heterocycles. The third kappa shape index (κ3) is 6.15. The van der Waals surface area contributed by atoms with E-state index >= 15 is 0 Å². The summed E-state index contributed by atoms with van der Waals surface area (Å²) in [7, 11) is 0. The van der Waals surface area contributed by atoms with Gasteiger partial charge in [-0.15, -0.1) is 0 Å². The summed E-state index contributed by atoms with van der Waals surface area (Å²) in [6, 6.07) is 51.2. The van der Waals surface area contributed by atoms with E-state index in [0.29, 0.717) is 17.3 Å². The third-order valence-corrected chi connectivity index (χ3v) is 10.3. The van der Waals surface area contributed by atoms with Crippen LogP contribution in [0.15, 0.2) is 158 Å². The first kappa shape index (κ1) is 34.0. The first-order valence-electron chi connectivity index (χ1n) is 18.8. The lowest BCUT2D eigenvalue weighted by Gasteiger charge is -2.18. The van der Waals surface area contributed by atoms with Gasteiger partial charge in [-0.2, -0.15) is 5.10 Å². The predicted molar refractivity (Wildman–Crippen MR) is 222 cm³/mol. The van der Waals surface area contributed by atoms with Crippen LogP contribution in [-0.4, -0.2) is 19.3 Å². The van der Waals surface area contributed by atoms with Crippen LogP contribution in [0.4, 0.5) is 4.39 Å². The quantitative estimate of drug-likeness (QED) is 0.149. The van der Waals surface area contributed by atoms with Gasteiger partial charge in [-0.25, -0.2) is 14.1 Å². The van der Waals surface area contributed by atoms with Crippen LogP contribution in [0.1, 0.15) is 30.8 Å². The second-order valence-electron chi connectivity index (χ2n) is 13.8. The Morgan fingerprint density at radius 2 is 1.29 bits per heavy atom. The molecule has 0 amide bonds. The summed E-state index contributed by atoms with van der Waals surface area (Å²) in [4.78, 5) is 4.52. The summed E-state index contributed by atoms with van der Waals surface area (Å²) < 4.78 is 25.2. The number of aryl methyl sites for hydroxylation is 2. The number of pyridine rings is 1. The van der Waals surface area contributed by atoms with Crippen molar-refractivity contribution < 1.29 is 9.13 Å². The van der Waals surface area contributed by atoms with Gasteiger partial charge in [0.1, 0.15) is 23.1 Å². The maximum Gasteiger partial charge on any atom is 0.140 e. The number of hydrogen-bond acceptors (Lipinski definition) is 3. The molecule has 0 fully saturated rings. The molecule has 0 aliphatic carbocycles. The van der Waals surface area contributed by atoms with E-state index in [1.165, 1.54) is 51.7 Å². The number of benzene rings is 6. The zero-order valence-corrected chi connectivity index (χ0v) is 31.0. The minimum Gasteiger partial charge on any atom is -0.457 e. The fourth-order valence-electron chi connectivity index (χ4n) is 7.94. The molecule has 0 spiro atoms. The first-order valence-corrected chi connectivity index (χ1v) is 18.8. The molecule has 6 aromatic carbocycles. The summed E-state index contributed by atoms with van der Waals surface area (Å²) in [5, 5.41) is 7.44.